The van der Waals surface area contributed by atoms with Crippen LogP contribution in [0.5, 0.6) is 0 Å². The second-order valence-corrected chi connectivity index (χ2v) is 8.99. The van der Waals surface area contributed by atoms with Crippen molar-refractivity contribution < 1.29 is 14.1 Å². The minimum Gasteiger partial charge on any atom is -0.359 e. The van der Waals surface area contributed by atoms with Gasteiger partial charge in [0.25, 0.3) is 11.8 Å². The number of carbonyl (C=O) groups is 2. The van der Waals surface area contributed by atoms with Gasteiger partial charge < -0.3 is 20.1 Å². The summed E-state index contributed by atoms with van der Waals surface area (Å²) in [5.74, 6) is 0.429. The van der Waals surface area contributed by atoms with Crippen molar-refractivity contribution in [3.63, 3.8) is 0 Å². The monoisotopic (exact) mass is 427 g/mol. The topological polar surface area (TPSA) is 100 Å². The number of aromatic nitrogens is 2. The van der Waals surface area contributed by atoms with Crippen LogP contribution >= 0.6 is 11.3 Å². The number of aryl methyl sites for hydroxylation is 1. The summed E-state index contributed by atoms with van der Waals surface area (Å²) < 4.78 is 6.00. The molecule has 1 saturated carbocycles. The molecule has 1 fully saturated rings. The van der Waals surface area contributed by atoms with E-state index < -0.39 is 0 Å². The van der Waals surface area contributed by atoms with E-state index in [1.165, 1.54) is 0 Å². The van der Waals surface area contributed by atoms with E-state index >= 15 is 0 Å². The van der Waals surface area contributed by atoms with Gasteiger partial charge in [-0.05, 0) is 50.3 Å². The fourth-order valence-corrected chi connectivity index (χ4v) is 4.72. The molecule has 0 spiro atoms. The van der Waals surface area contributed by atoms with Gasteiger partial charge in [0.1, 0.15) is 0 Å². The van der Waals surface area contributed by atoms with E-state index in [4.69, 9.17) is 4.52 Å². The molecule has 2 aromatic heterocycles. The molecule has 2 amide bonds. The highest BCUT2D eigenvalue weighted by Crippen LogP contribution is 2.32. The molecule has 9 heteroatoms. The predicted octanol–water partition coefficient (Wildman–Crippen LogP) is 3.31. The van der Waals surface area contributed by atoms with Crippen LogP contribution in [0.3, 0.4) is 0 Å². The number of nitrogens with zero attached hydrogens (tertiary/aromatic N) is 3. The van der Waals surface area contributed by atoms with Crippen LogP contribution in [0.25, 0.3) is 10.2 Å². The zero-order valence-electron chi connectivity index (χ0n) is 17.3. The first-order valence-electron chi connectivity index (χ1n) is 9.99. The van der Waals surface area contributed by atoms with E-state index in [2.05, 4.69) is 20.8 Å². The molecule has 0 saturated heterocycles. The Bertz CT molecular complexity index is 1070. The van der Waals surface area contributed by atoms with E-state index in [1.807, 2.05) is 18.2 Å². The molecule has 2 atom stereocenters. The van der Waals surface area contributed by atoms with Gasteiger partial charge in [-0.15, -0.1) is 0 Å². The minimum atomic E-state index is -0.221. The van der Waals surface area contributed by atoms with Crippen molar-refractivity contribution in [1.82, 2.24) is 20.4 Å². The van der Waals surface area contributed by atoms with E-state index in [1.54, 1.807) is 43.3 Å². The molecule has 0 radical (unpaired) electrons. The molecular formula is C21H25N5O3S. The Kier molecular flexibility index (Phi) is 5.72. The maximum absolute atomic E-state index is 12.2. The molecule has 2 N–H and O–H groups in total. The Morgan fingerprint density at radius 2 is 2.10 bits per heavy atom. The van der Waals surface area contributed by atoms with Crippen LogP contribution in [0.1, 0.15) is 45.9 Å². The first-order valence-corrected chi connectivity index (χ1v) is 10.8. The number of thiazole rings is 1. The molecular weight excluding hydrogens is 402 g/mol. The highest BCUT2D eigenvalue weighted by molar-refractivity contribution is 7.22. The predicted molar refractivity (Wildman–Crippen MR) is 116 cm³/mol. The molecule has 1 aliphatic carbocycles. The van der Waals surface area contributed by atoms with Crippen molar-refractivity contribution >= 4 is 38.5 Å². The quantitative estimate of drug-likeness (QED) is 0.626. The van der Waals surface area contributed by atoms with E-state index in [-0.39, 0.29) is 17.6 Å². The number of benzene rings is 1. The van der Waals surface area contributed by atoms with Crippen LogP contribution < -0.4 is 10.6 Å². The number of fused-ring (bicyclic) bond motifs is 1. The fourth-order valence-electron chi connectivity index (χ4n) is 3.74. The third-order valence-electron chi connectivity index (χ3n) is 5.31. The fraction of sp³-hybridized carbons (Fsp3) is 0.429. The number of rotatable bonds is 6. The van der Waals surface area contributed by atoms with Gasteiger partial charge in [0.2, 0.25) is 5.76 Å². The molecule has 8 nitrogen and oxygen atoms in total. The lowest BCUT2D eigenvalue weighted by molar-refractivity contribution is 0.0827. The van der Waals surface area contributed by atoms with Crippen molar-refractivity contribution in [2.24, 2.45) is 5.92 Å². The molecule has 1 aliphatic rings. The number of nitrogens with one attached hydrogen (secondary N) is 2. The summed E-state index contributed by atoms with van der Waals surface area (Å²) >= 11 is 1.56. The van der Waals surface area contributed by atoms with Crippen molar-refractivity contribution in [2.45, 2.75) is 32.2 Å². The third-order valence-corrected chi connectivity index (χ3v) is 6.26. The third kappa shape index (κ3) is 4.46. The SMILES string of the molecule is Cc1cc(C(=O)NC[C@@H]2CC[C@H](Nc3nc4ccc(C(=O)N(C)C)cc4s3)C2)on1. The van der Waals surface area contributed by atoms with Gasteiger partial charge in [0, 0.05) is 38.3 Å². The molecule has 2 heterocycles. The molecule has 0 bridgehead atoms. The lowest BCUT2D eigenvalue weighted by atomic mass is 10.1. The van der Waals surface area contributed by atoms with Crippen LogP contribution in [0.15, 0.2) is 28.8 Å². The van der Waals surface area contributed by atoms with Gasteiger partial charge in [-0.25, -0.2) is 4.98 Å². The second-order valence-electron chi connectivity index (χ2n) is 7.96. The molecule has 3 aromatic rings. The van der Waals surface area contributed by atoms with Gasteiger partial charge >= 0.3 is 0 Å². The first kappa shape index (κ1) is 20.3. The number of carbonyl (C=O) groups excluding carboxylic acids is 2. The van der Waals surface area contributed by atoms with Crippen LogP contribution in [0.2, 0.25) is 0 Å². The van der Waals surface area contributed by atoms with Crippen molar-refractivity contribution in [1.29, 1.82) is 0 Å². The first-order chi connectivity index (χ1) is 14.4. The number of anilines is 1. The van der Waals surface area contributed by atoms with Gasteiger partial charge in [-0.1, -0.05) is 16.5 Å². The lowest BCUT2D eigenvalue weighted by Gasteiger charge is -2.12. The van der Waals surface area contributed by atoms with Gasteiger partial charge in [0.05, 0.1) is 15.9 Å². The maximum atomic E-state index is 12.2. The van der Waals surface area contributed by atoms with Crippen molar-refractivity contribution in [3.05, 3.63) is 41.3 Å². The van der Waals surface area contributed by atoms with Gasteiger partial charge in [-0.2, -0.15) is 0 Å². The minimum absolute atomic E-state index is 0.0130. The number of amides is 2. The Labute approximate surface area is 178 Å². The highest BCUT2D eigenvalue weighted by Gasteiger charge is 2.26. The van der Waals surface area contributed by atoms with Crippen LogP contribution in [-0.2, 0) is 0 Å². The van der Waals surface area contributed by atoms with E-state index in [0.717, 1.165) is 34.6 Å². The highest BCUT2D eigenvalue weighted by atomic mass is 32.1. The average molecular weight is 428 g/mol. The average Bonchev–Trinajstić information content (AvgIpc) is 3.44. The molecule has 1 aromatic carbocycles. The standard InChI is InChI=1S/C21H25N5O3S/c1-12-8-17(29-25-12)19(27)22-11-13-4-6-15(9-13)23-21-24-16-7-5-14(10-18(16)30-21)20(28)26(2)3/h5,7-8,10,13,15H,4,6,9,11H2,1-3H3,(H,22,27)(H,23,24)/t13-,15+/m1/s1. The smallest absolute Gasteiger partial charge is 0.289 e. The van der Waals surface area contributed by atoms with Crippen LogP contribution in [-0.4, -0.2) is 53.5 Å². The second kappa shape index (κ2) is 8.43. The van der Waals surface area contributed by atoms with Crippen LogP contribution in [0, 0.1) is 12.8 Å². The zero-order valence-corrected chi connectivity index (χ0v) is 18.1. The Hall–Kier alpha value is -2.94. The lowest BCUT2D eigenvalue weighted by Crippen LogP contribution is -2.28. The number of hydrogen-bond donors (Lipinski definition) is 2. The van der Waals surface area contributed by atoms with Gasteiger partial charge in [-0.3, -0.25) is 9.59 Å². The van der Waals surface area contributed by atoms with Crippen LogP contribution in [0.4, 0.5) is 5.13 Å². The summed E-state index contributed by atoms with van der Waals surface area (Å²) in [6.07, 6.45) is 3.04. The van der Waals surface area contributed by atoms with Crippen molar-refractivity contribution in [2.75, 3.05) is 26.0 Å². The zero-order chi connectivity index (χ0) is 21.3. The molecule has 0 unspecified atom stereocenters. The normalized spacial score (nSPS) is 18.5. The molecule has 158 valence electrons. The Balaban J connectivity index is 1.32. The Morgan fingerprint density at radius 1 is 1.27 bits per heavy atom. The summed E-state index contributed by atoms with van der Waals surface area (Å²) in [6, 6.07) is 7.57. The summed E-state index contributed by atoms with van der Waals surface area (Å²) in [4.78, 5) is 30.5. The number of hydrogen-bond acceptors (Lipinski definition) is 7. The largest absolute Gasteiger partial charge is 0.359 e. The Morgan fingerprint density at radius 3 is 2.83 bits per heavy atom. The molecule has 4 rings (SSSR count). The summed E-state index contributed by atoms with van der Waals surface area (Å²) in [6.45, 7) is 2.41. The van der Waals surface area contributed by atoms with E-state index in [9.17, 15) is 9.59 Å². The summed E-state index contributed by atoms with van der Waals surface area (Å²) in [5.41, 5.74) is 2.25. The van der Waals surface area contributed by atoms with Crippen molar-refractivity contribution in [3.8, 4) is 0 Å². The molecule has 0 aliphatic heterocycles. The molecule has 30 heavy (non-hydrogen) atoms. The maximum Gasteiger partial charge on any atom is 0.289 e. The summed E-state index contributed by atoms with van der Waals surface area (Å²) in [7, 11) is 3.50. The summed E-state index contributed by atoms with van der Waals surface area (Å²) in [5, 5.41) is 11.1. The van der Waals surface area contributed by atoms with Gasteiger partial charge in [0.15, 0.2) is 5.13 Å². The van der Waals surface area contributed by atoms with E-state index in [0.29, 0.717) is 29.8 Å².